The molecule has 0 radical (unpaired) electrons. The monoisotopic (exact) mass is 524 g/mol. The van der Waals surface area contributed by atoms with Crippen molar-refractivity contribution in [1.29, 1.82) is 0 Å². The molecule has 8 nitrogen and oxygen atoms in total. The van der Waals surface area contributed by atoms with E-state index < -0.39 is 0 Å². The Morgan fingerprint density at radius 1 is 1.03 bits per heavy atom. The van der Waals surface area contributed by atoms with Crippen LogP contribution in [-0.4, -0.2) is 52.4 Å². The van der Waals surface area contributed by atoms with E-state index >= 15 is 0 Å². The first-order valence-corrected chi connectivity index (χ1v) is 13.2. The van der Waals surface area contributed by atoms with Gasteiger partial charge in [0.15, 0.2) is 0 Å². The van der Waals surface area contributed by atoms with E-state index in [0.717, 1.165) is 62.3 Å². The molecule has 0 unspecified atom stereocenters. The van der Waals surface area contributed by atoms with Crippen molar-refractivity contribution in [3.8, 4) is 0 Å². The van der Waals surface area contributed by atoms with Crippen LogP contribution in [0.5, 0.6) is 0 Å². The first-order chi connectivity index (χ1) is 17.5. The lowest BCUT2D eigenvalue weighted by molar-refractivity contribution is -0.116. The minimum atomic E-state index is -0.191. The lowest BCUT2D eigenvalue weighted by atomic mass is 9.93. The number of piperidine rings is 1. The zero-order valence-corrected chi connectivity index (χ0v) is 22.2. The van der Waals surface area contributed by atoms with Crippen LogP contribution in [0.2, 0.25) is 0 Å². The number of aromatic amines is 1. The number of anilines is 2. The second-order valence-electron chi connectivity index (χ2n) is 10.2. The number of imidazole rings is 1. The summed E-state index contributed by atoms with van der Waals surface area (Å²) in [5, 5.41) is 9.27. The highest BCUT2D eigenvalue weighted by Gasteiger charge is 2.21. The van der Waals surface area contributed by atoms with Gasteiger partial charge in [-0.1, -0.05) is 0 Å². The molecule has 0 spiro atoms. The Labute approximate surface area is 224 Å². The number of carbonyl (C=O) groups is 2. The summed E-state index contributed by atoms with van der Waals surface area (Å²) in [5.74, 6) is 1.42. The van der Waals surface area contributed by atoms with Gasteiger partial charge >= 0.3 is 0 Å². The Hall–Kier alpha value is -2.94. The second-order valence-corrected chi connectivity index (χ2v) is 10.2. The third-order valence-electron chi connectivity index (χ3n) is 7.50. The maximum Gasteiger partial charge on any atom is 0.255 e. The maximum absolute atomic E-state index is 12.8. The number of likely N-dealkylation sites (tertiary alicyclic amines) is 1. The number of nitrogens with one attached hydrogen (secondary N) is 4. The quantitative estimate of drug-likeness (QED) is 0.334. The highest BCUT2D eigenvalue weighted by atomic mass is 35.5. The summed E-state index contributed by atoms with van der Waals surface area (Å²) in [6.07, 6.45) is 6.22. The smallest absolute Gasteiger partial charge is 0.255 e. The third-order valence-corrected chi connectivity index (χ3v) is 7.50. The number of benzene rings is 2. The van der Waals surface area contributed by atoms with Crippen LogP contribution in [0.25, 0.3) is 11.0 Å². The highest BCUT2D eigenvalue weighted by Crippen LogP contribution is 2.22. The SMILES string of the molecule is C[C@H]1CCCN1Cc1nc2ccc(NC(=O)c3ccc(NC(=O)CCC4CCNCC4)cc3)cc2[nH]1.Cl. The lowest BCUT2D eigenvalue weighted by Gasteiger charge is -2.22. The Kier molecular flexibility index (Phi) is 9.18. The Bertz CT molecular complexity index is 1210. The first-order valence-electron chi connectivity index (χ1n) is 13.2. The van der Waals surface area contributed by atoms with Gasteiger partial charge in [-0.05, 0) is 107 Å². The van der Waals surface area contributed by atoms with Gasteiger partial charge in [-0.15, -0.1) is 12.4 Å². The van der Waals surface area contributed by atoms with Crippen LogP contribution in [0.4, 0.5) is 11.4 Å². The normalized spacial score (nSPS) is 18.5. The number of aromatic nitrogens is 2. The average molecular weight is 525 g/mol. The lowest BCUT2D eigenvalue weighted by Crippen LogP contribution is -2.28. The largest absolute Gasteiger partial charge is 0.341 e. The molecular weight excluding hydrogens is 488 g/mol. The number of fused-ring (bicyclic) bond motifs is 1. The molecule has 2 fully saturated rings. The molecule has 1 aromatic heterocycles. The minimum absolute atomic E-state index is 0. The molecule has 2 aliphatic rings. The summed E-state index contributed by atoms with van der Waals surface area (Å²) >= 11 is 0. The minimum Gasteiger partial charge on any atom is -0.341 e. The van der Waals surface area contributed by atoms with Crippen LogP contribution in [0.15, 0.2) is 42.5 Å². The molecule has 1 atom stereocenters. The van der Waals surface area contributed by atoms with Crippen molar-refractivity contribution in [2.24, 2.45) is 5.92 Å². The number of amides is 2. The summed E-state index contributed by atoms with van der Waals surface area (Å²) in [4.78, 5) is 35.7. The van der Waals surface area contributed by atoms with Crippen LogP contribution in [0.1, 0.15) is 61.6 Å². The van der Waals surface area contributed by atoms with Crippen molar-refractivity contribution in [3.63, 3.8) is 0 Å². The summed E-state index contributed by atoms with van der Waals surface area (Å²) in [6.45, 7) is 6.29. The molecule has 3 heterocycles. The van der Waals surface area contributed by atoms with Crippen molar-refractivity contribution >= 4 is 46.6 Å². The van der Waals surface area contributed by atoms with E-state index in [2.05, 4.69) is 32.8 Å². The van der Waals surface area contributed by atoms with Gasteiger partial charge in [-0.25, -0.2) is 4.98 Å². The third kappa shape index (κ3) is 7.09. The van der Waals surface area contributed by atoms with Crippen molar-refractivity contribution in [3.05, 3.63) is 53.9 Å². The van der Waals surface area contributed by atoms with Crippen LogP contribution < -0.4 is 16.0 Å². The van der Waals surface area contributed by atoms with E-state index in [4.69, 9.17) is 4.98 Å². The summed E-state index contributed by atoms with van der Waals surface area (Å²) in [7, 11) is 0. The van der Waals surface area contributed by atoms with Gasteiger partial charge in [0, 0.05) is 29.4 Å². The van der Waals surface area contributed by atoms with Gasteiger partial charge < -0.3 is 20.9 Å². The van der Waals surface area contributed by atoms with E-state index in [1.165, 1.54) is 12.8 Å². The molecule has 0 aliphatic carbocycles. The molecule has 198 valence electrons. The molecule has 37 heavy (non-hydrogen) atoms. The molecule has 4 N–H and O–H groups in total. The van der Waals surface area contributed by atoms with Crippen molar-refractivity contribution in [2.45, 2.75) is 58.0 Å². The summed E-state index contributed by atoms with van der Waals surface area (Å²) < 4.78 is 0. The van der Waals surface area contributed by atoms with Crippen molar-refractivity contribution < 1.29 is 9.59 Å². The molecule has 2 aromatic carbocycles. The van der Waals surface area contributed by atoms with Gasteiger partial charge in [0.25, 0.3) is 5.91 Å². The number of hydrogen-bond donors (Lipinski definition) is 4. The number of carbonyl (C=O) groups excluding carboxylic acids is 2. The zero-order chi connectivity index (χ0) is 24.9. The van der Waals surface area contributed by atoms with Gasteiger partial charge in [-0.2, -0.15) is 0 Å². The van der Waals surface area contributed by atoms with E-state index in [-0.39, 0.29) is 24.2 Å². The number of halogens is 1. The van der Waals surface area contributed by atoms with Crippen LogP contribution in [-0.2, 0) is 11.3 Å². The zero-order valence-electron chi connectivity index (χ0n) is 21.4. The van der Waals surface area contributed by atoms with E-state index in [9.17, 15) is 9.59 Å². The Balaban J connectivity index is 0.00000320. The number of H-pyrrole nitrogens is 1. The molecule has 0 saturated carbocycles. The molecule has 5 rings (SSSR count). The fraction of sp³-hybridized carbons (Fsp3) is 0.464. The second kappa shape index (κ2) is 12.5. The van der Waals surface area contributed by atoms with E-state index in [1.54, 1.807) is 24.3 Å². The average Bonchev–Trinajstić information content (AvgIpc) is 3.48. The standard InChI is InChI=1S/C28H36N6O2.ClH/c1-19-3-2-16-34(19)18-26-32-24-10-9-23(17-25(24)33-26)31-28(36)21-5-7-22(8-6-21)30-27(35)11-4-20-12-14-29-15-13-20;/h5-10,17,19-20,29H,2-4,11-16,18H2,1H3,(H,30,35)(H,31,36)(H,32,33);1H/t19-;/m0./s1. The summed E-state index contributed by atoms with van der Waals surface area (Å²) in [6, 6.07) is 13.4. The van der Waals surface area contributed by atoms with E-state index in [0.29, 0.717) is 35.3 Å². The molecule has 9 heteroatoms. The number of hydrogen-bond acceptors (Lipinski definition) is 5. The molecule has 2 saturated heterocycles. The Morgan fingerprint density at radius 3 is 2.51 bits per heavy atom. The van der Waals surface area contributed by atoms with Gasteiger partial charge in [0.05, 0.1) is 17.6 Å². The molecule has 0 bridgehead atoms. The highest BCUT2D eigenvalue weighted by molar-refractivity contribution is 6.05. The van der Waals surface area contributed by atoms with Gasteiger partial charge in [-0.3, -0.25) is 14.5 Å². The predicted molar refractivity (Wildman–Crippen MR) is 150 cm³/mol. The van der Waals surface area contributed by atoms with Crippen LogP contribution >= 0.6 is 12.4 Å². The maximum atomic E-state index is 12.8. The summed E-state index contributed by atoms with van der Waals surface area (Å²) in [5.41, 5.74) is 3.77. The Morgan fingerprint density at radius 2 is 1.78 bits per heavy atom. The van der Waals surface area contributed by atoms with Crippen LogP contribution in [0.3, 0.4) is 0 Å². The van der Waals surface area contributed by atoms with Crippen LogP contribution in [0, 0.1) is 5.92 Å². The number of nitrogens with zero attached hydrogens (tertiary/aromatic N) is 2. The molecule has 3 aromatic rings. The van der Waals surface area contributed by atoms with Gasteiger partial charge in [0.2, 0.25) is 5.91 Å². The van der Waals surface area contributed by atoms with E-state index in [1.807, 2.05) is 18.2 Å². The number of rotatable bonds is 8. The van der Waals surface area contributed by atoms with Crippen molar-refractivity contribution in [1.82, 2.24) is 20.2 Å². The fourth-order valence-electron chi connectivity index (χ4n) is 5.27. The predicted octanol–water partition coefficient (Wildman–Crippen LogP) is 4.94. The molecular formula is C28H37ClN6O2. The first kappa shape index (κ1) is 27.1. The fourth-order valence-corrected chi connectivity index (χ4v) is 5.27. The topological polar surface area (TPSA) is 102 Å². The molecule has 2 aliphatic heterocycles. The van der Waals surface area contributed by atoms with Crippen molar-refractivity contribution in [2.75, 3.05) is 30.3 Å². The molecule has 2 amide bonds. The van der Waals surface area contributed by atoms with Gasteiger partial charge in [0.1, 0.15) is 5.82 Å².